The Bertz CT molecular complexity index is 855. The first-order valence-corrected chi connectivity index (χ1v) is 7.26. The molecule has 0 radical (unpaired) electrons. The van der Waals surface area contributed by atoms with Gasteiger partial charge in [-0.3, -0.25) is 4.79 Å². The number of nitrogens with zero attached hydrogens (tertiary/aromatic N) is 6. The van der Waals surface area contributed by atoms with Crippen molar-refractivity contribution in [1.29, 1.82) is 0 Å². The number of fused-ring (bicyclic) bond motifs is 1. The quantitative estimate of drug-likeness (QED) is 0.760. The van der Waals surface area contributed by atoms with Crippen LogP contribution in [0.2, 0.25) is 0 Å². The molecule has 0 bridgehead atoms. The standard InChI is InChI=1S/C14H15N7O/c22-11-4-1-5-19-21(11)7-10-3-2-6-20(10)14-12-13(16-8-15-12)17-9-18-14/h1,4-5,8-10H,2-3,6-7H2,(H,15,16,17,18). The van der Waals surface area contributed by atoms with Crippen molar-refractivity contribution in [3.8, 4) is 0 Å². The number of hydrogen-bond donors (Lipinski definition) is 1. The highest BCUT2D eigenvalue weighted by molar-refractivity contribution is 5.82. The number of imidazole rings is 1. The Morgan fingerprint density at radius 2 is 2.27 bits per heavy atom. The third-order valence-electron chi connectivity index (χ3n) is 4.02. The van der Waals surface area contributed by atoms with Gasteiger partial charge >= 0.3 is 0 Å². The van der Waals surface area contributed by atoms with Crippen LogP contribution in [0.1, 0.15) is 12.8 Å². The van der Waals surface area contributed by atoms with Crippen LogP contribution >= 0.6 is 0 Å². The fraction of sp³-hybridized carbons (Fsp3) is 0.357. The maximum absolute atomic E-state index is 11.9. The lowest BCUT2D eigenvalue weighted by atomic mass is 10.2. The van der Waals surface area contributed by atoms with Crippen LogP contribution in [-0.2, 0) is 6.54 Å². The largest absolute Gasteiger partial charge is 0.350 e. The zero-order chi connectivity index (χ0) is 14.9. The van der Waals surface area contributed by atoms with E-state index in [0.29, 0.717) is 12.2 Å². The Kier molecular flexibility index (Phi) is 3.06. The van der Waals surface area contributed by atoms with E-state index in [1.807, 2.05) is 0 Å². The molecule has 1 N–H and O–H groups in total. The van der Waals surface area contributed by atoms with E-state index in [1.165, 1.54) is 17.1 Å². The topological polar surface area (TPSA) is 92.6 Å². The van der Waals surface area contributed by atoms with Crippen molar-refractivity contribution in [1.82, 2.24) is 29.7 Å². The molecule has 0 aliphatic carbocycles. The molecule has 1 aliphatic heterocycles. The fourth-order valence-corrected chi connectivity index (χ4v) is 3.00. The number of aromatic amines is 1. The number of hydrogen-bond acceptors (Lipinski definition) is 6. The SMILES string of the molecule is O=c1cccnn1CC1CCCN1c1ncnc2nc[nH]c12. The van der Waals surface area contributed by atoms with Crippen LogP contribution in [0.25, 0.3) is 11.2 Å². The monoisotopic (exact) mass is 297 g/mol. The predicted octanol–water partition coefficient (Wildman–Crippen LogP) is 0.579. The van der Waals surface area contributed by atoms with E-state index < -0.39 is 0 Å². The Balaban J connectivity index is 1.68. The van der Waals surface area contributed by atoms with Gasteiger partial charge in [-0.2, -0.15) is 5.10 Å². The molecule has 0 aromatic carbocycles. The predicted molar refractivity (Wildman–Crippen MR) is 80.5 cm³/mol. The number of rotatable bonds is 3. The molecule has 1 atom stereocenters. The first kappa shape index (κ1) is 12.9. The molecule has 0 saturated carbocycles. The Labute approximate surface area is 125 Å². The molecule has 112 valence electrons. The second-order valence-electron chi connectivity index (χ2n) is 5.33. The van der Waals surface area contributed by atoms with Crippen molar-refractivity contribution in [3.05, 3.63) is 41.3 Å². The minimum atomic E-state index is -0.0799. The van der Waals surface area contributed by atoms with Crippen molar-refractivity contribution in [2.45, 2.75) is 25.4 Å². The molecule has 4 heterocycles. The fourth-order valence-electron chi connectivity index (χ4n) is 3.00. The summed E-state index contributed by atoms with van der Waals surface area (Å²) in [5.41, 5.74) is 1.41. The van der Waals surface area contributed by atoms with E-state index in [2.05, 4.69) is 29.9 Å². The smallest absolute Gasteiger partial charge is 0.266 e. The third kappa shape index (κ3) is 2.12. The highest BCUT2D eigenvalue weighted by atomic mass is 16.1. The van der Waals surface area contributed by atoms with Gasteiger partial charge in [0.05, 0.1) is 18.9 Å². The lowest BCUT2D eigenvalue weighted by Gasteiger charge is -2.25. The summed E-state index contributed by atoms with van der Waals surface area (Å²) in [4.78, 5) is 29.9. The maximum atomic E-state index is 11.9. The normalized spacial score (nSPS) is 18.2. The van der Waals surface area contributed by atoms with Crippen LogP contribution < -0.4 is 10.5 Å². The Morgan fingerprint density at radius 3 is 3.18 bits per heavy atom. The van der Waals surface area contributed by atoms with E-state index in [1.54, 1.807) is 18.6 Å². The van der Waals surface area contributed by atoms with Crippen molar-refractivity contribution in [3.63, 3.8) is 0 Å². The first-order chi connectivity index (χ1) is 10.8. The average molecular weight is 297 g/mol. The average Bonchev–Trinajstić information content (AvgIpc) is 3.18. The van der Waals surface area contributed by atoms with Gasteiger partial charge in [0.25, 0.3) is 5.56 Å². The maximum Gasteiger partial charge on any atom is 0.266 e. The zero-order valence-corrected chi connectivity index (χ0v) is 11.9. The van der Waals surface area contributed by atoms with Crippen molar-refractivity contribution < 1.29 is 0 Å². The first-order valence-electron chi connectivity index (χ1n) is 7.26. The van der Waals surface area contributed by atoms with Gasteiger partial charge in [-0.05, 0) is 18.9 Å². The molecule has 8 heteroatoms. The summed E-state index contributed by atoms with van der Waals surface area (Å²) in [7, 11) is 0. The molecule has 1 aliphatic rings. The van der Waals surface area contributed by atoms with E-state index in [9.17, 15) is 4.79 Å². The summed E-state index contributed by atoms with van der Waals surface area (Å²) in [6.45, 7) is 1.46. The van der Waals surface area contributed by atoms with Crippen LogP contribution in [0.4, 0.5) is 5.82 Å². The summed E-state index contributed by atoms with van der Waals surface area (Å²) in [6, 6.07) is 3.38. The zero-order valence-electron chi connectivity index (χ0n) is 11.9. The van der Waals surface area contributed by atoms with Gasteiger partial charge in [0.15, 0.2) is 11.5 Å². The molecule has 1 fully saturated rings. The highest BCUT2D eigenvalue weighted by Gasteiger charge is 2.28. The molecule has 3 aromatic rings. The number of H-pyrrole nitrogens is 1. The van der Waals surface area contributed by atoms with Crippen LogP contribution in [-0.4, -0.2) is 42.3 Å². The van der Waals surface area contributed by atoms with Gasteiger partial charge in [0.1, 0.15) is 11.8 Å². The molecule has 0 amide bonds. The second kappa shape index (κ2) is 5.21. The Morgan fingerprint density at radius 1 is 1.32 bits per heavy atom. The van der Waals surface area contributed by atoms with Gasteiger partial charge in [-0.25, -0.2) is 19.6 Å². The molecule has 22 heavy (non-hydrogen) atoms. The van der Waals surface area contributed by atoms with Crippen LogP contribution in [0.5, 0.6) is 0 Å². The van der Waals surface area contributed by atoms with Crippen molar-refractivity contribution >= 4 is 17.0 Å². The summed E-state index contributed by atoms with van der Waals surface area (Å²) in [5.74, 6) is 0.842. The molecule has 0 spiro atoms. The van der Waals surface area contributed by atoms with Gasteiger partial charge < -0.3 is 9.88 Å². The van der Waals surface area contributed by atoms with Gasteiger partial charge in [0, 0.05) is 18.8 Å². The third-order valence-corrected chi connectivity index (χ3v) is 4.02. The minimum absolute atomic E-state index is 0.0799. The molecule has 1 unspecified atom stereocenters. The van der Waals surface area contributed by atoms with Crippen LogP contribution in [0.15, 0.2) is 35.8 Å². The number of nitrogens with one attached hydrogen (secondary N) is 1. The summed E-state index contributed by atoms with van der Waals surface area (Å²) in [5, 5.41) is 4.15. The van der Waals surface area contributed by atoms with E-state index in [4.69, 9.17) is 0 Å². The van der Waals surface area contributed by atoms with E-state index >= 15 is 0 Å². The summed E-state index contributed by atoms with van der Waals surface area (Å²) < 4.78 is 1.51. The van der Waals surface area contributed by atoms with Crippen molar-refractivity contribution in [2.24, 2.45) is 0 Å². The van der Waals surface area contributed by atoms with Gasteiger partial charge in [0.2, 0.25) is 0 Å². The molecule has 4 rings (SSSR count). The molecule has 3 aromatic heterocycles. The minimum Gasteiger partial charge on any atom is -0.350 e. The van der Waals surface area contributed by atoms with Crippen LogP contribution in [0, 0.1) is 0 Å². The second-order valence-corrected chi connectivity index (χ2v) is 5.33. The lowest BCUT2D eigenvalue weighted by Crippen LogP contribution is -2.37. The molecule has 1 saturated heterocycles. The number of aromatic nitrogens is 6. The summed E-state index contributed by atoms with van der Waals surface area (Å²) in [6.07, 6.45) is 6.85. The van der Waals surface area contributed by atoms with Crippen LogP contribution in [0.3, 0.4) is 0 Å². The Hall–Kier alpha value is -2.77. The summed E-state index contributed by atoms with van der Waals surface area (Å²) >= 11 is 0. The van der Waals surface area contributed by atoms with Gasteiger partial charge in [-0.1, -0.05) is 0 Å². The molecular weight excluding hydrogens is 282 g/mol. The lowest BCUT2D eigenvalue weighted by molar-refractivity contribution is 0.487. The molecular formula is C14H15N7O. The number of anilines is 1. The molecule has 8 nitrogen and oxygen atoms in total. The highest BCUT2D eigenvalue weighted by Crippen LogP contribution is 2.28. The van der Waals surface area contributed by atoms with E-state index in [-0.39, 0.29) is 11.6 Å². The van der Waals surface area contributed by atoms with Crippen molar-refractivity contribution in [2.75, 3.05) is 11.4 Å². The van der Waals surface area contributed by atoms with E-state index in [0.717, 1.165) is 30.7 Å². The van der Waals surface area contributed by atoms with Gasteiger partial charge in [-0.15, -0.1) is 0 Å².